The SMILES string of the molecule is O=C(OC[C@H](Cc1ccccc1)OC(=O)c1ccc([N+](=O)[O-])cc1)c1ccc([N+](=O)[O-])cc1. The van der Waals surface area contributed by atoms with Crippen molar-refractivity contribution in [1.82, 2.24) is 0 Å². The number of carbonyl (C=O) groups excluding carboxylic acids is 2. The maximum absolute atomic E-state index is 12.5. The predicted molar refractivity (Wildman–Crippen MR) is 116 cm³/mol. The molecular weight excluding hydrogens is 432 g/mol. The van der Waals surface area contributed by atoms with Gasteiger partial charge in [-0.3, -0.25) is 20.2 Å². The van der Waals surface area contributed by atoms with Gasteiger partial charge in [0.1, 0.15) is 12.7 Å². The Balaban J connectivity index is 1.69. The molecule has 0 radical (unpaired) electrons. The highest BCUT2D eigenvalue weighted by molar-refractivity contribution is 5.90. The van der Waals surface area contributed by atoms with Gasteiger partial charge in [0, 0.05) is 30.7 Å². The maximum atomic E-state index is 12.5. The molecule has 0 aliphatic carbocycles. The molecule has 168 valence electrons. The number of benzene rings is 3. The van der Waals surface area contributed by atoms with Crippen molar-refractivity contribution >= 4 is 23.3 Å². The number of carbonyl (C=O) groups is 2. The minimum absolute atomic E-state index is 0.111. The van der Waals surface area contributed by atoms with Crippen LogP contribution in [0.5, 0.6) is 0 Å². The largest absolute Gasteiger partial charge is 0.458 e. The monoisotopic (exact) mass is 450 g/mol. The summed E-state index contributed by atoms with van der Waals surface area (Å²) in [4.78, 5) is 45.3. The summed E-state index contributed by atoms with van der Waals surface area (Å²) in [6.45, 7) is -0.260. The van der Waals surface area contributed by atoms with Crippen molar-refractivity contribution in [2.24, 2.45) is 0 Å². The second-order valence-electron chi connectivity index (χ2n) is 6.92. The number of hydrogen-bond acceptors (Lipinski definition) is 8. The van der Waals surface area contributed by atoms with Gasteiger partial charge >= 0.3 is 11.9 Å². The average molecular weight is 450 g/mol. The predicted octanol–water partition coefficient (Wildman–Crippen LogP) is 4.13. The molecule has 3 aromatic rings. The first-order valence-corrected chi connectivity index (χ1v) is 9.74. The Kier molecular flexibility index (Phi) is 7.43. The summed E-state index contributed by atoms with van der Waals surface area (Å²) in [6, 6.07) is 19.0. The Bertz CT molecular complexity index is 1150. The molecule has 0 unspecified atom stereocenters. The molecule has 0 fully saturated rings. The van der Waals surface area contributed by atoms with Crippen molar-refractivity contribution in [1.29, 1.82) is 0 Å². The van der Waals surface area contributed by atoms with Crippen molar-refractivity contribution < 1.29 is 28.9 Å². The van der Waals surface area contributed by atoms with Gasteiger partial charge in [-0.25, -0.2) is 9.59 Å². The molecule has 33 heavy (non-hydrogen) atoms. The summed E-state index contributed by atoms with van der Waals surface area (Å²) in [5.41, 5.74) is 0.737. The molecule has 0 amide bonds. The number of nitrogens with zero attached hydrogens (tertiary/aromatic N) is 2. The highest BCUT2D eigenvalue weighted by Crippen LogP contribution is 2.16. The zero-order valence-electron chi connectivity index (χ0n) is 17.2. The van der Waals surface area contributed by atoms with Crippen LogP contribution in [0.15, 0.2) is 78.9 Å². The van der Waals surface area contributed by atoms with E-state index in [9.17, 15) is 29.8 Å². The van der Waals surface area contributed by atoms with Gasteiger partial charge in [0.05, 0.1) is 21.0 Å². The number of nitro groups is 2. The van der Waals surface area contributed by atoms with E-state index in [2.05, 4.69) is 0 Å². The van der Waals surface area contributed by atoms with Crippen molar-refractivity contribution in [3.63, 3.8) is 0 Å². The van der Waals surface area contributed by atoms with E-state index in [1.807, 2.05) is 30.3 Å². The molecule has 0 saturated heterocycles. The van der Waals surface area contributed by atoms with Gasteiger partial charge < -0.3 is 9.47 Å². The molecular formula is C23H18N2O8. The summed E-state index contributed by atoms with van der Waals surface area (Å²) in [5, 5.41) is 21.5. The van der Waals surface area contributed by atoms with E-state index in [1.54, 1.807) is 0 Å². The second kappa shape index (κ2) is 10.6. The Morgan fingerprint density at radius 2 is 1.21 bits per heavy atom. The lowest BCUT2D eigenvalue weighted by atomic mass is 10.1. The number of nitro benzene ring substituents is 2. The quantitative estimate of drug-likeness (QED) is 0.269. The van der Waals surface area contributed by atoms with Gasteiger partial charge in [-0.05, 0) is 29.8 Å². The van der Waals surface area contributed by atoms with E-state index in [-0.39, 0.29) is 35.5 Å². The lowest BCUT2D eigenvalue weighted by Gasteiger charge is -2.18. The van der Waals surface area contributed by atoms with E-state index in [1.165, 1.54) is 48.5 Å². The summed E-state index contributed by atoms with van der Waals surface area (Å²) >= 11 is 0. The summed E-state index contributed by atoms with van der Waals surface area (Å²) in [5.74, 6) is -1.45. The highest BCUT2D eigenvalue weighted by Gasteiger charge is 2.20. The van der Waals surface area contributed by atoms with Crippen LogP contribution < -0.4 is 0 Å². The van der Waals surface area contributed by atoms with Crippen molar-refractivity contribution in [3.05, 3.63) is 116 Å². The van der Waals surface area contributed by atoms with Crippen molar-refractivity contribution in [2.75, 3.05) is 6.61 Å². The zero-order valence-corrected chi connectivity index (χ0v) is 17.2. The zero-order chi connectivity index (χ0) is 23.8. The Morgan fingerprint density at radius 3 is 1.70 bits per heavy atom. The normalized spacial score (nSPS) is 11.3. The standard InChI is InChI=1S/C23H18N2O8/c26-22(17-6-10-19(11-7-17)24(28)29)32-15-21(14-16-4-2-1-3-5-16)33-23(27)18-8-12-20(13-9-18)25(30)31/h1-13,21H,14-15H2/t21-/m0/s1. The van der Waals surface area contributed by atoms with Crippen LogP contribution in [0.2, 0.25) is 0 Å². The molecule has 0 saturated carbocycles. The molecule has 10 nitrogen and oxygen atoms in total. The Labute approximate surface area is 187 Å². The van der Waals surface area contributed by atoms with Crippen LogP contribution in [-0.4, -0.2) is 34.5 Å². The first-order chi connectivity index (χ1) is 15.8. The third-order valence-corrected chi connectivity index (χ3v) is 4.61. The topological polar surface area (TPSA) is 139 Å². The van der Waals surface area contributed by atoms with Crippen molar-refractivity contribution in [3.8, 4) is 0 Å². The molecule has 0 N–H and O–H groups in total. The highest BCUT2D eigenvalue weighted by atomic mass is 16.6. The van der Waals surface area contributed by atoms with Gasteiger partial charge in [-0.2, -0.15) is 0 Å². The van der Waals surface area contributed by atoms with Gasteiger partial charge in [-0.1, -0.05) is 30.3 Å². The van der Waals surface area contributed by atoms with Gasteiger partial charge in [0.2, 0.25) is 0 Å². The Morgan fingerprint density at radius 1 is 0.727 bits per heavy atom. The summed E-state index contributed by atoms with van der Waals surface area (Å²) in [6.07, 6.45) is -0.579. The van der Waals surface area contributed by atoms with E-state index in [4.69, 9.17) is 9.47 Å². The van der Waals surface area contributed by atoms with Gasteiger partial charge in [-0.15, -0.1) is 0 Å². The second-order valence-corrected chi connectivity index (χ2v) is 6.92. The molecule has 0 aliphatic rings. The van der Waals surface area contributed by atoms with E-state index < -0.39 is 27.9 Å². The van der Waals surface area contributed by atoms with Crippen LogP contribution >= 0.6 is 0 Å². The first kappa shape index (κ1) is 23.1. The van der Waals surface area contributed by atoms with Crippen LogP contribution in [0.1, 0.15) is 26.3 Å². The molecule has 0 bridgehead atoms. The fourth-order valence-corrected chi connectivity index (χ4v) is 2.92. The van der Waals surface area contributed by atoms with E-state index in [0.717, 1.165) is 5.56 Å². The minimum atomic E-state index is -0.836. The fraction of sp³-hybridized carbons (Fsp3) is 0.130. The molecule has 10 heteroatoms. The van der Waals surface area contributed by atoms with Gasteiger partial charge in [0.25, 0.3) is 11.4 Å². The minimum Gasteiger partial charge on any atom is -0.458 e. The molecule has 0 spiro atoms. The number of ether oxygens (including phenoxy) is 2. The number of rotatable bonds is 9. The molecule has 0 aromatic heterocycles. The Hall–Kier alpha value is -4.60. The molecule has 3 rings (SSSR count). The lowest BCUT2D eigenvalue weighted by molar-refractivity contribution is -0.385. The molecule has 3 aromatic carbocycles. The fourth-order valence-electron chi connectivity index (χ4n) is 2.92. The number of hydrogen-bond donors (Lipinski definition) is 0. The smallest absolute Gasteiger partial charge is 0.338 e. The van der Waals surface area contributed by atoms with Crippen LogP contribution in [0.25, 0.3) is 0 Å². The first-order valence-electron chi connectivity index (χ1n) is 9.74. The number of esters is 2. The molecule has 1 atom stereocenters. The third-order valence-electron chi connectivity index (χ3n) is 4.61. The summed E-state index contributed by atoms with van der Waals surface area (Å²) < 4.78 is 10.8. The van der Waals surface area contributed by atoms with Gasteiger partial charge in [0.15, 0.2) is 0 Å². The van der Waals surface area contributed by atoms with Crippen LogP contribution in [-0.2, 0) is 15.9 Å². The maximum Gasteiger partial charge on any atom is 0.338 e. The van der Waals surface area contributed by atoms with Crippen LogP contribution in [0.3, 0.4) is 0 Å². The average Bonchev–Trinajstić information content (AvgIpc) is 2.83. The molecule has 0 heterocycles. The van der Waals surface area contributed by atoms with Crippen LogP contribution in [0.4, 0.5) is 11.4 Å². The summed E-state index contributed by atoms with van der Waals surface area (Å²) in [7, 11) is 0. The van der Waals surface area contributed by atoms with E-state index >= 15 is 0 Å². The van der Waals surface area contributed by atoms with Crippen molar-refractivity contribution in [2.45, 2.75) is 12.5 Å². The van der Waals surface area contributed by atoms with E-state index in [0.29, 0.717) is 0 Å². The number of non-ortho nitro benzene ring substituents is 2. The third kappa shape index (κ3) is 6.44. The molecule has 0 aliphatic heterocycles. The lowest BCUT2D eigenvalue weighted by Crippen LogP contribution is -2.27. The van der Waals surface area contributed by atoms with Crippen LogP contribution in [0, 0.1) is 20.2 Å².